The van der Waals surface area contributed by atoms with Crippen molar-refractivity contribution in [1.29, 1.82) is 0 Å². The molecule has 34 heavy (non-hydrogen) atoms. The van der Waals surface area contributed by atoms with Crippen LogP contribution in [0.2, 0.25) is 0 Å². The SMILES string of the molecule is CCCCCCSc1nnc2c(n1)OC(c1ccc(OCC(=O)O)cc1)Nc1ccc(Br)cc1-2. The molecule has 8 nitrogen and oxygen atoms in total. The summed E-state index contributed by atoms with van der Waals surface area (Å²) >= 11 is 5.12. The number of anilines is 1. The number of fused-ring (bicyclic) bond motifs is 3. The number of aliphatic carboxylic acids is 1. The standard InChI is InChI=1S/C24H25BrN4O4S/c1-2-3-4-5-12-34-24-27-23-21(28-29-24)18-13-16(25)8-11-19(18)26-22(33-23)15-6-9-17(10-7-15)32-14-20(30)31/h6-11,13,22,26H,2-5,12,14H2,1H3,(H,30,31). The van der Waals surface area contributed by atoms with Crippen LogP contribution in [0.25, 0.3) is 11.3 Å². The highest BCUT2D eigenvalue weighted by molar-refractivity contribution is 9.10. The van der Waals surface area contributed by atoms with E-state index in [4.69, 9.17) is 14.6 Å². The number of unbranched alkanes of at least 4 members (excludes halogenated alkanes) is 3. The van der Waals surface area contributed by atoms with Crippen LogP contribution in [-0.2, 0) is 4.79 Å². The average molecular weight is 545 g/mol. The largest absolute Gasteiger partial charge is 0.482 e. The predicted octanol–water partition coefficient (Wildman–Crippen LogP) is 5.94. The van der Waals surface area contributed by atoms with Crippen LogP contribution in [0, 0.1) is 0 Å². The van der Waals surface area contributed by atoms with Gasteiger partial charge in [0, 0.05) is 27.0 Å². The Labute approximate surface area is 210 Å². The van der Waals surface area contributed by atoms with Crippen molar-refractivity contribution in [3.8, 4) is 22.9 Å². The Morgan fingerprint density at radius 2 is 2.00 bits per heavy atom. The first-order chi connectivity index (χ1) is 16.5. The Morgan fingerprint density at radius 1 is 1.18 bits per heavy atom. The molecule has 0 spiro atoms. The van der Waals surface area contributed by atoms with Crippen LogP contribution in [0.5, 0.6) is 11.6 Å². The second-order valence-electron chi connectivity index (χ2n) is 7.74. The van der Waals surface area contributed by atoms with Crippen LogP contribution in [0.4, 0.5) is 5.69 Å². The lowest BCUT2D eigenvalue weighted by Gasteiger charge is -2.19. The molecule has 0 amide bonds. The number of nitrogens with zero attached hydrogens (tertiary/aromatic N) is 3. The number of halogens is 1. The van der Waals surface area contributed by atoms with Crippen molar-refractivity contribution in [2.75, 3.05) is 17.7 Å². The van der Waals surface area contributed by atoms with E-state index in [1.807, 2.05) is 30.3 Å². The summed E-state index contributed by atoms with van der Waals surface area (Å²) in [5.74, 6) is 0.785. The van der Waals surface area contributed by atoms with E-state index in [-0.39, 0.29) is 0 Å². The fourth-order valence-corrected chi connectivity index (χ4v) is 4.60. The lowest BCUT2D eigenvalue weighted by molar-refractivity contribution is -0.139. The van der Waals surface area contributed by atoms with Crippen molar-refractivity contribution in [3.05, 3.63) is 52.5 Å². The molecule has 0 aliphatic carbocycles. The van der Waals surface area contributed by atoms with Crippen molar-refractivity contribution in [3.63, 3.8) is 0 Å². The van der Waals surface area contributed by atoms with Gasteiger partial charge in [-0.2, -0.15) is 4.98 Å². The summed E-state index contributed by atoms with van der Waals surface area (Å²) in [6.07, 6.45) is 4.19. The molecule has 0 saturated carbocycles. The van der Waals surface area contributed by atoms with Crippen molar-refractivity contribution >= 4 is 39.3 Å². The normalized spacial score (nSPS) is 14.2. The zero-order chi connectivity index (χ0) is 23.9. The van der Waals surface area contributed by atoms with Gasteiger partial charge >= 0.3 is 5.97 Å². The molecule has 1 aromatic heterocycles. The minimum atomic E-state index is -1.02. The number of hydrogen-bond acceptors (Lipinski definition) is 8. The maximum Gasteiger partial charge on any atom is 0.341 e. The van der Waals surface area contributed by atoms with E-state index in [0.717, 1.165) is 33.5 Å². The number of benzene rings is 2. The van der Waals surface area contributed by atoms with Gasteiger partial charge in [0.15, 0.2) is 18.5 Å². The Kier molecular flexibility index (Phi) is 8.23. The molecule has 2 aromatic carbocycles. The van der Waals surface area contributed by atoms with E-state index < -0.39 is 18.8 Å². The molecule has 0 fully saturated rings. The van der Waals surface area contributed by atoms with E-state index in [2.05, 4.69) is 43.4 Å². The topological polar surface area (TPSA) is 106 Å². The molecule has 1 aliphatic heterocycles. The van der Waals surface area contributed by atoms with Crippen molar-refractivity contribution in [1.82, 2.24) is 15.2 Å². The molecule has 2 N–H and O–H groups in total. The van der Waals surface area contributed by atoms with Gasteiger partial charge in [0.1, 0.15) is 5.75 Å². The van der Waals surface area contributed by atoms with Gasteiger partial charge in [0.25, 0.3) is 0 Å². The molecule has 0 radical (unpaired) electrons. The first kappa shape index (κ1) is 24.3. The Morgan fingerprint density at radius 3 is 2.76 bits per heavy atom. The van der Waals surface area contributed by atoms with Crippen LogP contribution < -0.4 is 14.8 Å². The van der Waals surface area contributed by atoms with Gasteiger partial charge in [0.05, 0.1) is 0 Å². The van der Waals surface area contributed by atoms with E-state index >= 15 is 0 Å². The fourth-order valence-electron chi connectivity index (χ4n) is 3.46. The fraction of sp³-hybridized carbons (Fsp3) is 0.333. The predicted molar refractivity (Wildman–Crippen MR) is 134 cm³/mol. The quantitative estimate of drug-likeness (QED) is 0.236. The summed E-state index contributed by atoms with van der Waals surface area (Å²) in [5, 5.41) is 21.6. The third kappa shape index (κ3) is 6.18. The van der Waals surface area contributed by atoms with Crippen LogP contribution >= 0.6 is 27.7 Å². The van der Waals surface area contributed by atoms with E-state index in [0.29, 0.717) is 22.5 Å². The molecule has 1 aliphatic rings. The number of carboxylic acid groups (broad SMARTS) is 1. The van der Waals surface area contributed by atoms with E-state index in [9.17, 15) is 4.79 Å². The first-order valence-electron chi connectivity index (χ1n) is 11.1. The second-order valence-corrected chi connectivity index (χ2v) is 9.72. The number of hydrogen-bond donors (Lipinski definition) is 2. The number of carboxylic acids is 1. The molecule has 2 heterocycles. The Balaban J connectivity index is 1.59. The Bertz CT molecular complexity index is 1150. The lowest BCUT2D eigenvalue weighted by Crippen LogP contribution is -2.17. The first-order valence-corrected chi connectivity index (χ1v) is 12.9. The smallest absolute Gasteiger partial charge is 0.341 e. The van der Waals surface area contributed by atoms with E-state index in [1.165, 1.54) is 19.3 Å². The molecular weight excluding hydrogens is 520 g/mol. The Hall–Kier alpha value is -2.85. The minimum Gasteiger partial charge on any atom is -0.482 e. The van der Waals surface area contributed by atoms with Gasteiger partial charge in [-0.25, -0.2) is 4.79 Å². The maximum absolute atomic E-state index is 10.7. The van der Waals surface area contributed by atoms with Crippen LogP contribution in [0.1, 0.15) is 44.4 Å². The minimum absolute atomic E-state index is 0.394. The van der Waals surface area contributed by atoms with E-state index in [1.54, 1.807) is 23.9 Å². The van der Waals surface area contributed by atoms with Gasteiger partial charge in [-0.3, -0.25) is 0 Å². The van der Waals surface area contributed by atoms with Crippen molar-refractivity contribution in [2.24, 2.45) is 0 Å². The van der Waals surface area contributed by atoms with Gasteiger partial charge in [-0.05, 0) is 48.9 Å². The number of nitrogens with one attached hydrogen (secondary N) is 1. The zero-order valence-electron chi connectivity index (χ0n) is 18.7. The lowest BCUT2D eigenvalue weighted by atomic mass is 10.1. The van der Waals surface area contributed by atoms with Gasteiger partial charge < -0.3 is 19.9 Å². The molecule has 1 unspecified atom stereocenters. The molecule has 178 valence electrons. The third-order valence-corrected chi connectivity index (χ3v) is 6.58. The van der Waals surface area contributed by atoms with Gasteiger partial charge in [-0.1, -0.05) is 53.9 Å². The highest BCUT2D eigenvalue weighted by atomic mass is 79.9. The summed E-state index contributed by atoms with van der Waals surface area (Å²) in [6, 6.07) is 12.9. The number of aromatic nitrogens is 3. The number of ether oxygens (including phenoxy) is 2. The van der Waals surface area contributed by atoms with Gasteiger partial charge in [0.2, 0.25) is 11.0 Å². The number of thioether (sulfide) groups is 1. The molecule has 3 aromatic rings. The van der Waals surface area contributed by atoms with Crippen LogP contribution in [0.3, 0.4) is 0 Å². The van der Waals surface area contributed by atoms with Crippen molar-refractivity contribution < 1.29 is 19.4 Å². The van der Waals surface area contributed by atoms with Gasteiger partial charge in [-0.15, -0.1) is 10.2 Å². The van der Waals surface area contributed by atoms with Crippen LogP contribution in [-0.4, -0.2) is 38.6 Å². The molecule has 4 rings (SSSR count). The number of rotatable bonds is 10. The van der Waals surface area contributed by atoms with Crippen molar-refractivity contribution in [2.45, 2.75) is 44.0 Å². The molecule has 0 saturated heterocycles. The maximum atomic E-state index is 10.7. The summed E-state index contributed by atoms with van der Waals surface area (Å²) in [7, 11) is 0. The molecular formula is C24H25BrN4O4S. The third-order valence-electron chi connectivity index (χ3n) is 5.16. The summed E-state index contributed by atoms with van der Waals surface area (Å²) < 4.78 is 12.4. The molecule has 10 heteroatoms. The highest BCUT2D eigenvalue weighted by Crippen LogP contribution is 2.41. The molecule has 1 atom stereocenters. The zero-order valence-corrected chi connectivity index (χ0v) is 21.1. The summed E-state index contributed by atoms with van der Waals surface area (Å²) in [5.41, 5.74) is 3.09. The molecule has 0 bridgehead atoms. The highest BCUT2D eigenvalue weighted by Gasteiger charge is 2.26. The summed E-state index contributed by atoms with van der Waals surface area (Å²) in [4.78, 5) is 15.4. The average Bonchev–Trinajstić information content (AvgIpc) is 2.99. The monoisotopic (exact) mass is 544 g/mol. The number of carbonyl (C=O) groups is 1. The summed E-state index contributed by atoms with van der Waals surface area (Å²) in [6.45, 7) is 1.80. The van der Waals surface area contributed by atoms with Crippen LogP contribution in [0.15, 0.2) is 52.1 Å². The second kappa shape index (κ2) is 11.5.